The fourth-order valence-electron chi connectivity index (χ4n) is 2.97. The molecule has 2 saturated carbocycles. The summed E-state index contributed by atoms with van der Waals surface area (Å²) in [6.45, 7) is 1.65. The highest BCUT2D eigenvalue weighted by molar-refractivity contribution is 5.85. The van der Waals surface area contributed by atoms with E-state index in [1.807, 2.05) is 4.90 Å². The summed E-state index contributed by atoms with van der Waals surface area (Å²) in [7, 11) is 0. The first-order valence-electron chi connectivity index (χ1n) is 7.09. The van der Waals surface area contributed by atoms with Gasteiger partial charge in [-0.25, -0.2) is 4.79 Å². The van der Waals surface area contributed by atoms with Gasteiger partial charge in [0.05, 0.1) is 0 Å². The molecule has 0 radical (unpaired) electrons. The predicted octanol–water partition coefficient (Wildman–Crippen LogP) is 0.945. The fourth-order valence-corrected chi connectivity index (χ4v) is 2.97. The predicted molar refractivity (Wildman–Crippen MR) is 67.1 cm³/mol. The average molecular weight is 251 g/mol. The molecule has 0 bridgehead atoms. The SMILES string of the molecule is O=C(NC1CCCC1)N1CCN(C2CC2)C(=O)C1. The van der Waals surface area contributed by atoms with Gasteiger partial charge in [-0.3, -0.25) is 4.79 Å². The van der Waals surface area contributed by atoms with Crippen molar-refractivity contribution in [2.45, 2.75) is 50.6 Å². The number of nitrogens with one attached hydrogen (secondary N) is 1. The third-order valence-electron chi connectivity index (χ3n) is 4.21. The number of nitrogens with zero attached hydrogens (tertiary/aromatic N) is 2. The van der Waals surface area contributed by atoms with E-state index >= 15 is 0 Å². The molecule has 1 aliphatic heterocycles. The van der Waals surface area contributed by atoms with Crippen LogP contribution in [0.4, 0.5) is 4.79 Å². The summed E-state index contributed by atoms with van der Waals surface area (Å²) in [5.74, 6) is 0.116. The summed E-state index contributed by atoms with van der Waals surface area (Å²) in [5, 5.41) is 3.05. The highest BCUT2D eigenvalue weighted by Gasteiger charge is 2.37. The second-order valence-electron chi connectivity index (χ2n) is 5.67. The number of amides is 3. The van der Waals surface area contributed by atoms with Gasteiger partial charge in [-0.05, 0) is 25.7 Å². The lowest BCUT2D eigenvalue weighted by Gasteiger charge is -2.35. The second kappa shape index (κ2) is 4.78. The van der Waals surface area contributed by atoms with E-state index in [-0.39, 0.29) is 18.5 Å². The lowest BCUT2D eigenvalue weighted by Crippen LogP contribution is -2.56. The van der Waals surface area contributed by atoms with E-state index in [9.17, 15) is 9.59 Å². The summed E-state index contributed by atoms with van der Waals surface area (Å²) in [6, 6.07) is 0.748. The summed E-state index contributed by atoms with van der Waals surface area (Å²) >= 11 is 0. The van der Waals surface area contributed by atoms with Crippen LogP contribution in [-0.2, 0) is 4.79 Å². The lowest BCUT2D eigenvalue weighted by molar-refractivity contribution is -0.135. The largest absolute Gasteiger partial charge is 0.336 e. The molecule has 0 spiro atoms. The molecule has 100 valence electrons. The smallest absolute Gasteiger partial charge is 0.318 e. The number of rotatable bonds is 2. The molecule has 3 rings (SSSR count). The number of urea groups is 1. The summed E-state index contributed by atoms with van der Waals surface area (Å²) in [4.78, 5) is 27.6. The van der Waals surface area contributed by atoms with Gasteiger partial charge in [0.15, 0.2) is 0 Å². The van der Waals surface area contributed by atoms with E-state index in [2.05, 4.69) is 5.32 Å². The van der Waals surface area contributed by atoms with Crippen molar-refractivity contribution in [3.8, 4) is 0 Å². The molecule has 1 N–H and O–H groups in total. The van der Waals surface area contributed by atoms with E-state index < -0.39 is 0 Å². The molecular weight excluding hydrogens is 230 g/mol. The van der Waals surface area contributed by atoms with Crippen molar-refractivity contribution in [1.29, 1.82) is 0 Å². The maximum atomic E-state index is 12.0. The van der Waals surface area contributed by atoms with E-state index in [1.165, 1.54) is 12.8 Å². The Bertz CT molecular complexity index is 348. The number of hydrogen-bond acceptors (Lipinski definition) is 2. The van der Waals surface area contributed by atoms with Crippen molar-refractivity contribution in [2.24, 2.45) is 0 Å². The Morgan fingerprint density at radius 3 is 2.44 bits per heavy atom. The third-order valence-corrected chi connectivity index (χ3v) is 4.21. The zero-order valence-electron chi connectivity index (χ0n) is 10.7. The maximum absolute atomic E-state index is 12.0. The van der Waals surface area contributed by atoms with Crippen LogP contribution in [0.15, 0.2) is 0 Å². The van der Waals surface area contributed by atoms with Gasteiger partial charge in [0.25, 0.3) is 0 Å². The van der Waals surface area contributed by atoms with Crippen LogP contribution in [-0.4, -0.2) is 53.5 Å². The molecule has 0 atom stereocenters. The van der Waals surface area contributed by atoms with Crippen molar-refractivity contribution in [3.05, 3.63) is 0 Å². The molecule has 1 heterocycles. The highest BCUT2D eigenvalue weighted by Crippen LogP contribution is 2.28. The quantitative estimate of drug-likeness (QED) is 0.794. The van der Waals surface area contributed by atoms with E-state index in [1.54, 1.807) is 4.90 Å². The zero-order chi connectivity index (χ0) is 12.5. The Morgan fingerprint density at radius 1 is 1.11 bits per heavy atom. The minimum absolute atomic E-state index is 0.0503. The van der Waals surface area contributed by atoms with Crippen LogP contribution in [0.5, 0.6) is 0 Å². The monoisotopic (exact) mass is 251 g/mol. The van der Waals surface area contributed by atoms with Gasteiger partial charge in [-0.2, -0.15) is 0 Å². The molecule has 0 aromatic heterocycles. The molecule has 3 fully saturated rings. The van der Waals surface area contributed by atoms with Gasteiger partial charge in [0.1, 0.15) is 6.54 Å². The third kappa shape index (κ3) is 2.44. The van der Waals surface area contributed by atoms with Crippen LogP contribution in [0.25, 0.3) is 0 Å². The molecule has 3 aliphatic rings. The van der Waals surface area contributed by atoms with Crippen molar-refractivity contribution in [1.82, 2.24) is 15.1 Å². The first-order valence-corrected chi connectivity index (χ1v) is 7.09. The van der Waals surface area contributed by atoms with Gasteiger partial charge >= 0.3 is 6.03 Å². The number of carbonyl (C=O) groups excluding carboxylic acids is 2. The fraction of sp³-hybridized carbons (Fsp3) is 0.846. The van der Waals surface area contributed by atoms with Crippen molar-refractivity contribution in [2.75, 3.05) is 19.6 Å². The Kier molecular flexibility index (Phi) is 3.14. The molecular formula is C13H21N3O2. The van der Waals surface area contributed by atoms with Gasteiger partial charge in [0.2, 0.25) is 5.91 Å². The summed E-state index contributed by atoms with van der Waals surface area (Å²) in [5.41, 5.74) is 0. The Labute approximate surface area is 107 Å². The van der Waals surface area contributed by atoms with Gasteiger partial charge < -0.3 is 15.1 Å². The Morgan fingerprint density at radius 2 is 1.83 bits per heavy atom. The lowest BCUT2D eigenvalue weighted by atomic mass is 10.2. The van der Waals surface area contributed by atoms with E-state index in [4.69, 9.17) is 0 Å². The van der Waals surface area contributed by atoms with Crippen LogP contribution in [0, 0.1) is 0 Å². The van der Waals surface area contributed by atoms with Crippen LogP contribution in [0.1, 0.15) is 38.5 Å². The maximum Gasteiger partial charge on any atom is 0.318 e. The van der Waals surface area contributed by atoms with E-state index in [0.717, 1.165) is 25.7 Å². The van der Waals surface area contributed by atoms with E-state index in [0.29, 0.717) is 25.2 Å². The average Bonchev–Trinajstić information content (AvgIpc) is 3.07. The van der Waals surface area contributed by atoms with Crippen molar-refractivity contribution in [3.63, 3.8) is 0 Å². The summed E-state index contributed by atoms with van der Waals surface area (Å²) in [6.07, 6.45) is 6.86. The minimum atomic E-state index is -0.0503. The van der Waals surface area contributed by atoms with Crippen LogP contribution in [0.3, 0.4) is 0 Å². The second-order valence-corrected chi connectivity index (χ2v) is 5.67. The van der Waals surface area contributed by atoms with Crippen LogP contribution >= 0.6 is 0 Å². The van der Waals surface area contributed by atoms with Gasteiger partial charge in [-0.1, -0.05) is 12.8 Å². The van der Waals surface area contributed by atoms with Crippen molar-refractivity contribution >= 4 is 11.9 Å². The number of hydrogen-bond donors (Lipinski definition) is 1. The van der Waals surface area contributed by atoms with Crippen molar-refractivity contribution < 1.29 is 9.59 Å². The molecule has 0 aromatic rings. The number of piperazine rings is 1. The molecule has 0 aromatic carbocycles. The van der Waals surface area contributed by atoms with Gasteiger partial charge in [-0.15, -0.1) is 0 Å². The zero-order valence-corrected chi connectivity index (χ0v) is 10.7. The standard InChI is InChI=1S/C13H21N3O2/c17-12-9-15(7-8-16(12)11-5-6-11)13(18)14-10-3-1-2-4-10/h10-11H,1-9H2,(H,14,18). The topological polar surface area (TPSA) is 52.7 Å². The molecule has 18 heavy (non-hydrogen) atoms. The first-order chi connectivity index (χ1) is 8.74. The summed E-state index contributed by atoms with van der Waals surface area (Å²) < 4.78 is 0. The molecule has 0 unspecified atom stereocenters. The Hall–Kier alpha value is -1.26. The first kappa shape index (κ1) is 11.8. The van der Waals surface area contributed by atoms with Gasteiger partial charge in [0, 0.05) is 25.2 Å². The number of carbonyl (C=O) groups is 2. The van der Waals surface area contributed by atoms with Crippen LogP contribution in [0.2, 0.25) is 0 Å². The molecule has 5 nitrogen and oxygen atoms in total. The highest BCUT2D eigenvalue weighted by atomic mass is 16.2. The molecule has 3 amide bonds. The molecule has 2 aliphatic carbocycles. The molecule has 1 saturated heterocycles. The normalized spacial score (nSPS) is 25.7. The molecule has 5 heteroatoms. The Balaban J connectivity index is 1.50. The minimum Gasteiger partial charge on any atom is -0.336 e. The van der Waals surface area contributed by atoms with Crippen LogP contribution < -0.4 is 5.32 Å².